The Morgan fingerprint density at radius 2 is 2.11 bits per heavy atom. The van der Waals surface area contributed by atoms with Crippen LogP contribution in [0.25, 0.3) is 0 Å². The molecule has 2 atom stereocenters. The van der Waals surface area contributed by atoms with E-state index < -0.39 is 0 Å². The van der Waals surface area contributed by atoms with Gasteiger partial charge in [0, 0.05) is 11.1 Å². The highest BCUT2D eigenvalue weighted by molar-refractivity contribution is 6.31. The van der Waals surface area contributed by atoms with Crippen molar-refractivity contribution in [3.05, 3.63) is 34.3 Å². The first-order valence-corrected chi connectivity index (χ1v) is 7.48. The van der Waals surface area contributed by atoms with Crippen molar-refractivity contribution in [1.82, 2.24) is 5.32 Å². The lowest BCUT2D eigenvalue weighted by molar-refractivity contribution is 0.344. The Morgan fingerprint density at radius 1 is 1.39 bits per heavy atom. The van der Waals surface area contributed by atoms with Crippen LogP contribution in [0.5, 0.6) is 0 Å². The third-order valence-corrected chi connectivity index (χ3v) is 4.47. The molecule has 0 spiro atoms. The lowest BCUT2D eigenvalue weighted by Gasteiger charge is -2.25. The molecule has 0 aliphatic heterocycles. The van der Waals surface area contributed by atoms with Crippen LogP contribution in [0.15, 0.2) is 18.2 Å². The number of rotatable bonds is 6. The van der Waals surface area contributed by atoms with E-state index in [1.807, 2.05) is 0 Å². The molecule has 0 aromatic heterocycles. The lowest BCUT2D eigenvalue weighted by atomic mass is 9.91. The standard InChI is InChI=1S/C16H24ClN/c1-4-18-16(12(3)13-7-8-13)10-14-6-5-11(2)9-15(14)17/h5-6,9,12-13,16,18H,4,7-8,10H2,1-3H3. The summed E-state index contributed by atoms with van der Waals surface area (Å²) >= 11 is 6.35. The molecule has 1 N–H and O–H groups in total. The fourth-order valence-electron chi connectivity index (χ4n) is 2.71. The van der Waals surface area contributed by atoms with Crippen LogP contribution in [0.3, 0.4) is 0 Å². The SMILES string of the molecule is CCNC(Cc1ccc(C)cc1Cl)C(C)C1CC1. The minimum Gasteiger partial charge on any atom is -0.314 e. The van der Waals surface area contributed by atoms with E-state index >= 15 is 0 Å². The molecule has 100 valence electrons. The molecule has 1 aliphatic rings. The summed E-state index contributed by atoms with van der Waals surface area (Å²) in [5, 5.41) is 4.55. The Hall–Kier alpha value is -0.530. The van der Waals surface area contributed by atoms with Crippen molar-refractivity contribution in [2.45, 2.75) is 46.1 Å². The van der Waals surface area contributed by atoms with Crippen molar-refractivity contribution in [1.29, 1.82) is 0 Å². The zero-order chi connectivity index (χ0) is 13.1. The molecule has 1 aromatic carbocycles. The van der Waals surface area contributed by atoms with Gasteiger partial charge in [-0.05, 0) is 61.8 Å². The Labute approximate surface area is 116 Å². The second kappa shape index (κ2) is 6.08. The molecule has 1 aliphatic carbocycles. The molecule has 2 heteroatoms. The first kappa shape index (κ1) is 13.9. The van der Waals surface area contributed by atoms with E-state index in [9.17, 15) is 0 Å². The van der Waals surface area contributed by atoms with Gasteiger partial charge in [0.15, 0.2) is 0 Å². The zero-order valence-corrected chi connectivity index (χ0v) is 12.4. The van der Waals surface area contributed by atoms with E-state index in [1.165, 1.54) is 24.0 Å². The summed E-state index contributed by atoms with van der Waals surface area (Å²) in [7, 11) is 0. The summed E-state index contributed by atoms with van der Waals surface area (Å²) < 4.78 is 0. The minimum absolute atomic E-state index is 0.558. The number of aryl methyl sites for hydroxylation is 1. The molecule has 0 bridgehead atoms. The summed E-state index contributed by atoms with van der Waals surface area (Å²) in [4.78, 5) is 0. The highest BCUT2D eigenvalue weighted by Gasteiger charge is 2.33. The molecule has 0 radical (unpaired) electrons. The summed E-state index contributed by atoms with van der Waals surface area (Å²) in [6.07, 6.45) is 3.86. The van der Waals surface area contributed by atoms with Crippen LogP contribution in [0.4, 0.5) is 0 Å². The predicted molar refractivity (Wildman–Crippen MR) is 79.2 cm³/mol. The Kier molecular flexibility index (Phi) is 4.69. The van der Waals surface area contributed by atoms with Gasteiger partial charge < -0.3 is 5.32 Å². The van der Waals surface area contributed by atoms with Gasteiger partial charge in [-0.1, -0.05) is 37.6 Å². The number of halogens is 1. The van der Waals surface area contributed by atoms with Crippen molar-refractivity contribution >= 4 is 11.6 Å². The van der Waals surface area contributed by atoms with Crippen LogP contribution >= 0.6 is 11.6 Å². The maximum atomic E-state index is 6.35. The van der Waals surface area contributed by atoms with Crippen LogP contribution in [0.2, 0.25) is 5.02 Å². The van der Waals surface area contributed by atoms with E-state index in [4.69, 9.17) is 11.6 Å². The van der Waals surface area contributed by atoms with Gasteiger partial charge in [0.25, 0.3) is 0 Å². The molecule has 2 rings (SSSR count). The summed E-state index contributed by atoms with van der Waals surface area (Å²) in [5.41, 5.74) is 2.51. The molecular formula is C16H24ClN. The van der Waals surface area contributed by atoms with Crippen molar-refractivity contribution in [2.75, 3.05) is 6.54 Å². The number of hydrogen-bond donors (Lipinski definition) is 1. The van der Waals surface area contributed by atoms with Gasteiger partial charge in [-0.3, -0.25) is 0 Å². The van der Waals surface area contributed by atoms with Gasteiger partial charge in [-0.2, -0.15) is 0 Å². The minimum atomic E-state index is 0.558. The fourth-order valence-corrected chi connectivity index (χ4v) is 3.02. The van der Waals surface area contributed by atoms with Crippen molar-refractivity contribution in [3.8, 4) is 0 Å². The smallest absolute Gasteiger partial charge is 0.0441 e. The Balaban J connectivity index is 2.07. The second-order valence-electron chi connectivity index (χ2n) is 5.66. The molecular weight excluding hydrogens is 242 g/mol. The van der Waals surface area contributed by atoms with Crippen LogP contribution in [-0.4, -0.2) is 12.6 Å². The number of hydrogen-bond acceptors (Lipinski definition) is 1. The summed E-state index contributed by atoms with van der Waals surface area (Å²) in [5.74, 6) is 1.68. The third kappa shape index (κ3) is 3.49. The third-order valence-electron chi connectivity index (χ3n) is 4.11. The Morgan fingerprint density at radius 3 is 2.67 bits per heavy atom. The molecule has 1 fully saturated rings. The fraction of sp³-hybridized carbons (Fsp3) is 0.625. The molecule has 1 nitrogen and oxygen atoms in total. The largest absolute Gasteiger partial charge is 0.314 e. The van der Waals surface area contributed by atoms with E-state index in [-0.39, 0.29) is 0 Å². The first-order chi connectivity index (χ1) is 8.61. The number of benzene rings is 1. The average molecular weight is 266 g/mol. The molecule has 2 unspecified atom stereocenters. The highest BCUT2D eigenvalue weighted by atomic mass is 35.5. The summed E-state index contributed by atoms with van der Waals surface area (Å²) in [6.45, 7) is 7.69. The summed E-state index contributed by atoms with van der Waals surface area (Å²) in [6, 6.07) is 6.97. The predicted octanol–water partition coefficient (Wildman–Crippen LogP) is 4.22. The van der Waals surface area contributed by atoms with Crippen molar-refractivity contribution in [3.63, 3.8) is 0 Å². The van der Waals surface area contributed by atoms with Gasteiger partial charge in [-0.15, -0.1) is 0 Å². The van der Waals surface area contributed by atoms with Crippen LogP contribution in [0.1, 0.15) is 37.8 Å². The van der Waals surface area contributed by atoms with Crippen LogP contribution < -0.4 is 5.32 Å². The average Bonchev–Trinajstić information content (AvgIpc) is 3.15. The van der Waals surface area contributed by atoms with Gasteiger partial charge in [0.2, 0.25) is 0 Å². The van der Waals surface area contributed by atoms with Gasteiger partial charge in [-0.25, -0.2) is 0 Å². The monoisotopic (exact) mass is 265 g/mol. The molecule has 0 saturated heterocycles. The Bertz CT molecular complexity index is 398. The molecule has 0 amide bonds. The second-order valence-corrected chi connectivity index (χ2v) is 6.07. The van der Waals surface area contributed by atoms with Gasteiger partial charge in [0.05, 0.1) is 0 Å². The van der Waals surface area contributed by atoms with E-state index in [1.54, 1.807) is 0 Å². The molecule has 18 heavy (non-hydrogen) atoms. The van der Waals surface area contributed by atoms with Crippen LogP contribution in [0, 0.1) is 18.8 Å². The first-order valence-electron chi connectivity index (χ1n) is 7.10. The van der Waals surface area contributed by atoms with Crippen molar-refractivity contribution in [2.24, 2.45) is 11.8 Å². The number of nitrogens with one attached hydrogen (secondary N) is 1. The van der Waals surface area contributed by atoms with Crippen LogP contribution in [-0.2, 0) is 6.42 Å². The van der Waals surface area contributed by atoms with E-state index in [2.05, 4.69) is 44.3 Å². The zero-order valence-electron chi connectivity index (χ0n) is 11.7. The topological polar surface area (TPSA) is 12.0 Å². The number of likely N-dealkylation sites (N-methyl/N-ethyl adjacent to an activating group) is 1. The van der Waals surface area contributed by atoms with E-state index in [0.717, 1.165) is 29.8 Å². The molecule has 1 aromatic rings. The maximum absolute atomic E-state index is 6.35. The van der Waals surface area contributed by atoms with Gasteiger partial charge in [0.1, 0.15) is 0 Å². The highest BCUT2D eigenvalue weighted by Crippen LogP contribution is 2.39. The molecule has 1 saturated carbocycles. The van der Waals surface area contributed by atoms with Crippen molar-refractivity contribution < 1.29 is 0 Å². The van der Waals surface area contributed by atoms with E-state index in [0.29, 0.717) is 6.04 Å². The maximum Gasteiger partial charge on any atom is 0.0441 e. The van der Waals surface area contributed by atoms with Gasteiger partial charge >= 0.3 is 0 Å². The quantitative estimate of drug-likeness (QED) is 0.812. The lowest BCUT2D eigenvalue weighted by Crippen LogP contribution is -2.37. The normalized spacial score (nSPS) is 18.7. The molecule has 0 heterocycles.